The molecule has 37 heavy (non-hydrogen) atoms. The van der Waals surface area contributed by atoms with E-state index in [-0.39, 0.29) is 5.57 Å². The molecule has 0 heterocycles. The van der Waals surface area contributed by atoms with Gasteiger partial charge in [-0.05, 0) is 6.92 Å². The number of carbonyl (C=O) groups is 1. The molecule has 0 radical (unpaired) electrons. The third-order valence-corrected chi connectivity index (χ3v) is 4.36. The first kappa shape index (κ1) is 35.0. The molecule has 1 atom stereocenters. The van der Waals surface area contributed by atoms with Crippen LogP contribution in [-0.4, -0.2) is 84.9 Å². The fourth-order valence-corrected chi connectivity index (χ4v) is 2.09. The largest absolute Gasteiger partial charge is 0.460 e. The van der Waals surface area contributed by atoms with Gasteiger partial charge in [0.2, 0.25) is 0 Å². The highest BCUT2D eigenvalue weighted by Crippen LogP contribution is 2.63. The van der Waals surface area contributed by atoms with Crippen LogP contribution in [0.15, 0.2) is 12.2 Å². The summed E-state index contributed by atoms with van der Waals surface area (Å²) in [5, 5.41) is 9.32. The van der Waals surface area contributed by atoms with Crippen LogP contribution in [0.4, 0.5) is 70.2 Å². The molecule has 220 valence electrons. The minimum Gasteiger partial charge on any atom is -0.460 e. The van der Waals surface area contributed by atoms with Crippen molar-refractivity contribution in [2.75, 3.05) is 19.8 Å². The summed E-state index contributed by atoms with van der Waals surface area (Å²) < 4.78 is 220. The predicted octanol–water partition coefficient (Wildman–Crippen LogP) is 5.59. The maximum Gasteiger partial charge on any atom is 0.384 e. The van der Waals surface area contributed by atoms with Gasteiger partial charge in [-0.1, -0.05) is 6.58 Å². The van der Waals surface area contributed by atoms with Gasteiger partial charge in [-0.25, -0.2) is 13.6 Å². The van der Waals surface area contributed by atoms with Gasteiger partial charge in [0.15, 0.2) is 0 Å². The SMILES string of the molecule is C=C(C)C(=O)OCC(O)COCCC(F)(F)C(F)(F)C(F)(F)C(F)(F)C(F)(F)C(F)(F)C(F)(F)C(F)F. The lowest BCUT2D eigenvalue weighted by Gasteiger charge is -2.42. The monoisotopic (exact) mass is 588 g/mol. The molecule has 0 aromatic heterocycles. The second-order valence-electron chi connectivity index (χ2n) is 7.36. The molecule has 0 fully saturated rings. The van der Waals surface area contributed by atoms with Gasteiger partial charge in [0, 0.05) is 12.0 Å². The Morgan fingerprint density at radius 2 is 1.16 bits per heavy atom. The summed E-state index contributed by atoms with van der Waals surface area (Å²) >= 11 is 0. The average molecular weight is 588 g/mol. The van der Waals surface area contributed by atoms with Crippen molar-refractivity contribution in [1.82, 2.24) is 0 Å². The van der Waals surface area contributed by atoms with Crippen molar-refractivity contribution in [3.63, 3.8) is 0 Å². The van der Waals surface area contributed by atoms with Crippen LogP contribution in [-0.2, 0) is 14.3 Å². The van der Waals surface area contributed by atoms with Crippen molar-refractivity contribution in [3.05, 3.63) is 12.2 Å². The Bertz CT molecular complexity index is 811. The van der Waals surface area contributed by atoms with Crippen LogP contribution in [0.1, 0.15) is 13.3 Å². The quantitative estimate of drug-likeness (QED) is 0.118. The topological polar surface area (TPSA) is 55.8 Å². The fraction of sp³-hybridized carbons (Fsp3) is 0.824. The Kier molecular flexibility index (Phi) is 10.4. The van der Waals surface area contributed by atoms with Crippen LogP contribution >= 0.6 is 0 Å². The molecule has 0 amide bonds. The molecule has 0 aromatic rings. The van der Waals surface area contributed by atoms with Crippen molar-refractivity contribution in [1.29, 1.82) is 0 Å². The fourth-order valence-electron chi connectivity index (χ4n) is 2.09. The number of esters is 1. The zero-order chi connectivity index (χ0) is 30.1. The van der Waals surface area contributed by atoms with E-state index >= 15 is 0 Å². The van der Waals surface area contributed by atoms with E-state index in [0.29, 0.717) is 0 Å². The van der Waals surface area contributed by atoms with E-state index in [1.807, 2.05) is 0 Å². The molecule has 0 aliphatic rings. The van der Waals surface area contributed by atoms with Gasteiger partial charge in [-0.2, -0.15) is 61.5 Å². The van der Waals surface area contributed by atoms with Crippen molar-refractivity contribution in [3.8, 4) is 0 Å². The summed E-state index contributed by atoms with van der Waals surface area (Å²) in [5.74, 6) is -56.0. The molecule has 4 nitrogen and oxygen atoms in total. The summed E-state index contributed by atoms with van der Waals surface area (Å²) in [7, 11) is 0. The van der Waals surface area contributed by atoms with E-state index in [9.17, 15) is 80.1 Å². The van der Waals surface area contributed by atoms with E-state index in [4.69, 9.17) is 0 Å². The Hall–Kier alpha value is -1.99. The maximum atomic E-state index is 13.7. The lowest BCUT2D eigenvalue weighted by Crippen LogP contribution is -2.73. The van der Waals surface area contributed by atoms with Crippen LogP contribution < -0.4 is 0 Å². The number of rotatable bonds is 15. The van der Waals surface area contributed by atoms with Gasteiger partial charge in [0.1, 0.15) is 12.7 Å². The average Bonchev–Trinajstić information content (AvgIpc) is 2.73. The molecule has 0 bridgehead atoms. The predicted molar refractivity (Wildman–Crippen MR) is 87.8 cm³/mol. The molecular weight excluding hydrogens is 572 g/mol. The number of halogens is 16. The van der Waals surface area contributed by atoms with Crippen molar-refractivity contribution in [2.45, 2.75) is 67.3 Å². The van der Waals surface area contributed by atoms with Crippen LogP contribution in [0.2, 0.25) is 0 Å². The normalized spacial score (nSPS) is 15.6. The summed E-state index contributed by atoms with van der Waals surface area (Å²) in [6, 6.07) is 0. The van der Waals surface area contributed by atoms with E-state index in [0.717, 1.165) is 6.92 Å². The van der Waals surface area contributed by atoms with Crippen molar-refractivity contribution < 1.29 is 89.6 Å². The summed E-state index contributed by atoms with van der Waals surface area (Å²) in [5.41, 5.74) is -0.172. The third kappa shape index (κ3) is 6.19. The van der Waals surface area contributed by atoms with Gasteiger partial charge >= 0.3 is 53.9 Å². The van der Waals surface area contributed by atoms with E-state index in [2.05, 4.69) is 16.1 Å². The molecule has 0 saturated heterocycles. The molecule has 20 heteroatoms. The Morgan fingerprint density at radius 1 is 0.757 bits per heavy atom. The molecule has 0 rings (SSSR count). The molecular formula is C17H16F16O4. The standard InChI is InChI=1S/C17H16F16O4/c1-7(2)9(35)37-6-8(34)5-36-4-3-11(20,21)13(24,25)15(28,29)17(32,33)16(30,31)14(26,27)12(22,23)10(18)19/h8,10,34H,1,3-6H2,2H3. The zero-order valence-corrected chi connectivity index (χ0v) is 17.9. The number of hydrogen-bond donors (Lipinski definition) is 1. The smallest absolute Gasteiger partial charge is 0.384 e. The summed E-state index contributed by atoms with van der Waals surface area (Å²) in [4.78, 5) is 11.0. The summed E-state index contributed by atoms with van der Waals surface area (Å²) in [6.07, 6.45) is -10.5. The summed E-state index contributed by atoms with van der Waals surface area (Å²) in [6.45, 7) is 0.406. The highest BCUT2D eigenvalue weighted by Gasteiger charge is 2.93. The molecule has 0 aliphatic carbocycles. The van der Waals surface area contributed by atoms with Gasteiger partial charge < -0.3 is 14.6 Å². The zero-order valence-electron chi connectivity index (χ0n) is 17.9. The van der Waals surface area contributed by atoms with Crippen molar-refractivity contribution >= 4 is 5.97 Å². The van der Waals surface area contributed by atoms with Crippen LogP contribution in [0.25, 0.3) is 0 Å². The first-order chi connectivity index (χ1) is 16.2. The highest BCUT2D eigenvalue weighted by atomic mass is 19.4. The molecule has 0 saturated carbocycles. The Labute approximate surface area is 196 Å². The van der Waals surface area contributed by atoms with Crippen molar-refractivity contribution in [2.24, 2.45) is 0 Å². The number of alkyl halides is 16. The maximum absolute atomic E-state index is 13.7. The van der Waals surface area contributed by atoms with Crippen LogP contribution in [0, 0.1) is 0 Å². The molecule has 1 N–H and O–H groups in total. The van der Waals surface area contributed by atoms with Gasteiger partial charge in [0.05, 0.1) is 13.2 Å². The number of hydrogen-bond acceptors (Lipinski definition) is 4. The molecule has 0 spiro atoms. The van der Waals surface area contributed by atoms with Crippen LogP contribution in [0.5, 0.6) is 0 Å². The number of aliphatic hydroxyl groups excluding tert-OH is 1. The lowest BCUT2D eigenvalue weighted by atomic mass is 9.88. The molecule has 1 unspecified atom stereocenters. The number of carbonyl (C=O) groups excluding carboxylic acids is 1. The molecule has 0 aliphatic heterocycles. The minimum absolute atomic E-state index is 0.172. The van der Waals surface area contributed by atoms with E-state index in [1.165, 1.54) is 0 Å². The van der Waals surface area contributed by atoms with Crippen LogP contribution in [0.3, 0.4) is 0 Å². The number of ether oxygens (including phenoxy) is 2. The van der Waals surface area contributed by atoms with Gasteiger partial charge in [-0.15, -0.1) is 0 Å². The second kappa shape index (κ2) is 11.0. The second-order valence-corrected chi connectivity index (χ2v) is 7.36. The lowest BCUT2D eigenvalue weighted by molar-refractivity contribution is -0.447. The number of aliphatic hydroxyl groups is 1. The highest BCUT2D eigenvalue weighted by molar-refractivity contribution is 5.86. The van der Waals surface area contributed by atoms with E-state index in [1.54, 1.807) is 0 Å². The minimum atomic E-state index is -8.46. The molecule has 0 aromatic carbocycles. The van der Waals surface area contributed by atoms with E-state index < -0.39 is 86.2 Å². The Balaban J connectivity index is 5.72. The first-order valence-corrected chi connectivity index (χ1v) is 9.18. The third-order valence-electron chi connectivity index (χ3n) is 4.36. The Morgan fingerprint density at radius 3 is 1.57 bits per heavy atom. The van der Waals surface area contributed by atoms with Gasteiger partial charge in [-0.3, -0.25) is 0 Å². The van der Waals surface area contributed by atoms with Gasteiger partial charge in [0.25, 0.3) is 0 Å². The first-order valence-electron chi connectivity index (χ1n) is 9.18.